The van der Waals surface area contributed by atoms with Gasteiger partial charge in [0.2, 0.25) is 0 Å². The Kier molecular flexibility index (Phi) is 14.4. The molecular weight excluding hydrogens is 770 g/mol. The molecule has 3 rings (SSSR count). The van der Waals surface area contributed by atoms with Gasteiger partial charge in [-0.2, -0.15) is 15.0 Å². The molecule has 0 radical (unpaired) electrons. The zero-order chi connectivity index (χ0) is 41.7. The first-order valence-electron chi connectivity index (χ1n) is 16.8. The lowest BCUT2D eigenvalue weighted by Crippen LogP contribution is -2.45. The third kappa shape index (κ3) is 13.4. The predicted molar refractivity (Wildman–Crippen MR) is 197 cm³/mol. The number of rotatable bonds is 12. The number of carboxylic acid groups (broad SMARTS) is 1. The molecule has 55 heavy (non-hydrogen) atoms. The molecule has 2 N–H and O–H groups in total. The van der Waals surface area contributed by atoms with E-state index in [-0.39, 0.29) is 5.75 Å². The zero-order valence-corrected chi connectivity index (χ0v) is 34.1. The monoisotopic (exact) mass is 818 g/mol. The molecule has 2 unspecified atom stereocenters. The highest BCUT2D eigenvalue weighted by Crippen LogP contribution is 2.50. The number of anilines is 1. The summed E-state index contributed by atoms with van der Waals surface area (Å²) >= 11 is 0.730. The van der Waals surface area contributed by atoms with Gasteiger partial charge in [0.15, 0.2) is 18.1 Å². The molecule has 1 aromatic heterocycles. The van der Waals surface area contributed by atoms with Gasteiger partial charge in [0, 0.05) is 6.20 Å². The fourth-order valence-electron chi connectivity index (χ4n) is 4.51. The zero-order valence-electron chi connectivity index (χ0n) is 32.4. The van der Waals surface area contributed by atoms with Gasteiger partial charge in [0.05, 0.1) is 19.0 Å². The van der Waals surface area contributed by atoms with Crippen molar-refractivity contribution in [2.45, 2.75) is 115 Å². The maximum Gasteiger partial charge on any atom is 0.509 e. The maximum absolute atomic E-state index is 16.4. The predicted octanol–water partition coefficient (Wildman–Crippen LogP) is 6.47. The van der Waals surface area contributed by atoms with Crippen LogP contribution in [-0.2, 0) is 32.8 Å². The maximum atomic E-state index is 16.4. The number of methoxy groups -OCH3 is 1. The van der Waals surface area contributed by atoms with E-state index in [9.17, 15) is 33.6 Å². The van der Waals surface area contributed by atoms with Gasteiger partial charge in [0.25, 0.3) is 0 Å². The number of aliphatic carboxylic acids is 1. The van der Waals surface area contributed by atoms with E-state index in [1.807, 2.05) is 0 Å². The Labute approximate surface area is 321 Å². The number of carbonyl (C=O) groups is 4. The molecule has 2 heterocycles. The van der Waals surface area contributed by atoms with Crippen molar-refractivity contribution in [1.82, 2.24) is 14.6 Å². The summed E-state index contributed by atoms with van der Waals surface area (Å²) in [6.45, 7) is 14.6. The lowest BCUT2D eigenvalue weighted by molar-refractivity contribution is -0.138. The Morgan fingerprint density at radius 3 is 1.95 bits per heavy atom. The summed E-state index contributed by atoms with van der Waals surface area (Å²) in [6.07, 6.45) is -6.42. The number of alkyl halides is 1. The molecule has 1 aromatic carbocycles. The minimum absolute atomic E-state index is 0.000574. The van der Waals surface area contributed by atoms with E-state index in [0.29, 0.717) is 10.6 Å². The van der Waals surface area contributed by atoms with Crippen LogP contribution in [0.5, 0.6) is 11.5 Å². The van der Waals surface area contributed by atoms with Crippen molar-refractivity contribution in [2.75, 3.05) is 18.6 Å². The summed E-state index contributed by atoms with van der Waals surface area (Å²) < 4.78 is 68.9. The summed E-state index contributed by atoms with van der Waals surface area (Å²) in [5.41, 5.74) is -4.28. The molecule has 0 spiro atoms. The number of aromatic nitrogens is 2. The Morgan fingerprint density at radius 2 is 1.47 bits per heavy atom. The Bertz CT molecular complexity index is 1780. The van der Waals surface area contributed by atoms with Crippen LogP contribution in [0.15, 0.2) is 41.3 Å². The fraction of sp³-hybridized carbons (Fsp3) is 0.588. The summed E-state index contributed by atoms with van der Waals surface area (Å²) in [4.78, 5) is 68.5. The van der Waals surface area contributed by atoms with Crippen LogP contribution in [0.3, 0.4) is 0 Å². The molecule has 6 atom stereocenters. The average molecular weight is 819 g/mol. The summed E-state index contributed by atoms with van der Waals surface area (Å²) in [7, 11) is -3.13. The SMILES string of the molecule is COc1ccc(OP(=O)(NC(C)C(=O)O)OC[C@H]2S[C@@H](n3ccc(N(C(=O)OC(C)(C)C)C(=O)OC(C)(C)C)nc3=O)[C@@H](F)[C@@H]2OC(=O)OC(C)(C)C)cc1. The molecule has 306 valence electrons. The number of nitrogens with one attached hydrogen (secondary N) is 1. The van der Waals surface area contributed by atoms with Crippen LogP contribution >= 0.6 is 19.5 Å². The Hall–Kier alpha value is -4.39. The second kappa shape index (κ2) is 17.6. The molecular formula is C34H48FN4O14PS. The molecule has 1 saturated heterocycles. The molecule has 1 aliphatic rings. The van der Waals surface area contributed by atoms with E-state index in [1.165, 1.54) is 38.3 Å². The highest BCUT2D eigenvalue weighted by molar-refractivity contribution is 8.00. The van der Waals surface area contributed by atoms with Crippen molar-refractivity contribution in [3.63, 3.8) is 0 Å². The van der Waals surface area contributed by atoms with Crippen LogP contribution in [0.4, 0.5) is 24.6 Å². The molecule has 0 bridgehead atoms. The largest absolute Gasteiger partial charge is 0.509 e. The minimum atomic E-state index is -4.56. The number of nitrogens with zero attached hydrogens (tertiary/aromatic N) is 3. The van der Waals surface area contributed by atoms with Crippen molar-refractivity contribution in [3.05, 3.63) is 47.0 Å². The van der Waals surface area contributed by atoms with Gasteiger partial charge in [-0.15, -0.1) is 11.8 Å². The number of hydrogen-bond donors (Lipinski definition) is 2. The number of imide groups is 1. The summed E-state index contributed by atoms with van der Waals surface area (Å²) in [5, 5.41) is 9.12. The van der Waals surface area contributed by atoms with E-state index in [1.54, 1.807) is 62.3 Å². The van der Waals surface area contributed by atoms with E-state index < -0.39 is 95.9 Å². The van der Waals surface area contributed by atoms with Gasteiger partial charge in [-0.25, -0.2) is 28.1 Å². The quantitative estimate of drug-likeness (QED) is 0.133. The Morgan fingerprint density at radius 1 is 0.945 bits per heavy atom. The van der Waals surface area contributed by atoms with Gasteiger partial charge in [-0.3, -0.25) is 13.9 Å². The second-order valence-corrected chi connectivity index (χ2v) is 18.1. The van der Waals surface area contributed by atoms with Crippen molar-refractivity contribution >= 4 is 49.6 Å². The number of carboxylic acids is 1. The number of ether oxygens (including phenoxy) is 5. The summed E-state index contributed by atoms with van der Waals surface area (Å²) in [6, 6.07) is 5.42. The van der Waals surface area contributed by atoms with Crippen molar-refractivity contribution in [1.29, 1.82) is 0 Å². The number of halogens is 1. The van der Waals surface area contributed by atoms with Crippen molar-refractivity contribution < 1.29 is 66.0 Å². The van der Waals surface area contributed by atoms with E-state index in [0.717, 1.165) is 28.6 Å². The number of carbonyl (C=O) groups excluding carboxylic acids is 3. The molecule has 18 nitrogen and oxygen atoms in total. The molecule has 2 amide bonds. The van der Waals surface area contributed by atoms with Crippen LogP contribution in [0.25, 0.3) is 0 Å². The molecule has 1 fully saturated rings. The van der Waals surface area contributed by atoms with Gasteiger partial charge < -0.3 is 33.3 Å². The standard InChI is InChI=1S/C34H48FN4O14PS/c1-19(27(40)41)37-54(46,53-21-14-12-20(47-11)13-15-21)48-18-22-25(49-31(45)52-34(8,9)10)24(35)26(55-22)38-17-16-23(36-28(38)42)39(29(43)50-32(2,3)4)30(44)51-33(5,6)7/h12-17,19,22,24-26H,18H2,1-11H3,(H,37,46)(H,40,41)/t19?,22-,24+,25-,26-,54?/m1/s1. The summed E-state index contributed by atoms with van der Waals surface area (Å²) in [5.74, 6) is -1.43. The van der Waals surface area contributed by atoms with Crippen LogP contribution < -0.4 is 24.9 Å². The van der Waals surface area contributed by atoms with Gasteiger partial charge in [-0.1, -0.05) is 0 Å². The lowest BCUT2D eigenvalue weighted by atomic mass is 10.1. The van der Waals surface area contributed by atoms with Crippen molar-refractivity contribution in [3.8, 4) is 11.5 Å². The number of amides is 2. The second-order valence-electron chi connectivity index (χ2n) is 15.1. The highest BCUT2D eigenvalue weighted by Gasteiger charge is 2.50. The average Bonchev–Trinajstić information content (AvgIpc) is 3.31. The van der Waals surface area contributed by atoms with Crippen molar-refractivity contribution in [2.24, 2.45) is 0 Å². The first kappa shape index (κ1) is 45.0. The first-order chi connectivity index (χ1) is 25.2. The number of hydrogen-bond acceptors (Lipinski definition) is 15. The van der Waals surface area contributed by atoms with E-state index >= 15 is 4.39 Å². The number of benzene rings is 1. The fourth-order valence-corrected chi connectivity index (χ4v) is 7.59. The highest BCUT2D eigenvalue weighted by atomic mass is 32.2. The smallest absolute Gasteiger partial charge is 0.497 e. The molecule has 0 saturated carbocycles. The van der Waals surface area contributed by atoms with Gasteiger partial charge in [-0.05, 0) is 99.6 Å². The molecule has 21 heteroatoms. The first-order valence-corrected chi connectivity index (χ1v) is 19.3. The third-order valence-electron chi connectivity index (χ3n) is 6.78. The minimum Gasteiger partial charge on any atom is -0.497 e. The molecule has 0 aliphatic carbocycles. The molecule has 2 aromatic rings. The lowest BCUT2D eigenvalue weighted by Gasteiger charge is -2.28. The van der Waals surface area contributed by atoms with E-state index in [4.69, 9.17) is 32.7 Å². The van der Waals surface area contributed by atoms with Gasteiger partial charge >= 0.3 is 37.7 Å². The van der Waals surface area contributed by atoms with Crippen LogP contribution in [0.1, 0.15) is 74.6 Å². The Balaban J connectivity index is 2.00. The topological polar surface area (TPSA) is 220 Å². The third-order valence-corrected chi connectivity index (χ3v) is 9.94. The molecule has 1 aliphatic heterocycles. The van der Waals surface area contributed by atoms with E-state index in [2.05, 4.69) is 10.1 Å². The van der Waals surface area contributed by atoms with Crippen LogP contribution in [0, 0.1) is 0 Å². The van der Waals surface area contributed by atoms with Crippen LogP contribution in [-0.4, -0.2) is 93.1 Å². The normalized spacial score (nSPS) is 20.4. The number of thioether (sulfide) groups is 1. The van der Waals surface area contributed by atoms with Crippen LogP contribution in [0.2, 0.25) is 0 Å². The van der Waals surface area contributed by atoms with Gasteiger partial charge in [0.1, 0.15) is 39.7 Å².